The molecule has 0 aromatic carbocycles. The molecule has 0 aliphatic rings. The van der Waals surface area contributed by atoms with Gasteiger partial charge in [-0.25, -0.2) is 0 Å². The summed E-state index contributed by atoms with van der Waals surface area (Å²) in [4.78, 5) is 1.27. The highest BCUT2D eigenvalue weighted by Gasteiger charge is 1.83. The summed E-state index contributed by atoms with van der Waals surface area (Å²) in [7, 11) is 0. The van der Waals surface area contributed by atoms with Crippen molar-refractivity contribution in [1.29, 1.82) is 0 Å². The van der Waals surface area contributed by atoms with Gasteiger partial charge >= 0.3 is 0 Å². The second-order valence-corrected chi connectivity index (χ2v) is 3.08. The Morgan fingerprint density at radius 3 is 2.38 bits per heavy atom. The molecule has 0 heterocycles. The zero-order valence-corrected chi connectivity index (χ0v) is 10.2. The fourth-order valence-corrected chi connectivity index (χ4v) is 1.14. The Kier molecular flexibility index (Phi) is 16.4. The van der Waals surface area contributed by atoms with Crippen LogP contribution in [-0.4, -0.2) is 6.26 Å². The average Bonchev–Trinajstić information content (AvgIpc) is 2.20. The molecule has 0 aromatic rings. The Bertz CT molecular complexity index is 155. The predicted octanol–water partition coefficient (Wildman–Crippen LogP) is 4.80. The quantitative estimate of drug-likeness (QED) is 0.572. The summed E-state index contributed by atoms with van der Waals surface area (Å²) >= 11 is 1.75. The maximum absolute atomic E-state index is 3.65. The Morgan fingerprint density at radius 1 is 1.38 bits per heavy atom. The summed E-state index contributed by atoms with van der Waals surface area (Å²) in [6.45, 7) is 9.83. The fraction of sp³-hybridized carbons (Fsp3) is 0.500. The van der Waals surface area contributed by atoms with E-state index in [4.69, 9.17) is 0 Å². The molecule has 0 nitrogen and oxygen atoms in total. The van der Waals surface area contributed by atoms with Crippen molar-refractivity contribution in [1.82, 2.24) is 0 Å². The number of allylic oxidation sites excluding steroid dienone is 4. The molecule has 0 fully saturated rings. The number of rotatable bonds is 5. The Hall–Kier alpha value is -0.430. The van der Waals surface area contributed by atoms with Crippen molar-refractivity contribution in [3.8, 4) is 0 Å². The van der Waals surface area contributed by atoms with Crippen molar-refractivity contribution in [2.75, 3.05) is 6.26 Å². The van der Waals surface area contributed by atoms with Crippen molar-refractivity contribution in [2.45, 2.75) is 33.6 Å². The van der Waals surface area contributed by atoms with Crippen molar-refractivity contribution in [3.05, 3.63) is 35.8 Å². The van der Waals surface area contributed by atoms with Crippen LogP contribution >= 0.6 is 11.8 Å². The summed E-state index contributed by atoms with van der Waals surface area (Å²) in [6.07, 6.45) is 12.6. The van der Waals surface area contributed by atoms with E-state index in [-0.39, 0.29) is 0 Å². The highest BCUT2D eigenvalue weighted by atomic mass is 32.2. The van der Waals surface area contributed by atoms with Gasteiger partial charge in [-0.15, -0.1) is 11.8 Å². The summed E-state index contributed by atoms with van der Waals surface area (Å²) in [6, 6.07) is 0. The van der Waals surface area contributed by atoms with Crippen LogP contribution < -0.4 is 0 Å². The second-order valence-electron chi connectivity index (χ2n) is 2.20. The van der Waals surface area contributed by atoms with Gasteiger partial charge in [0, 0.05) is 4.91 Å². The van der Waals surface area contributed by atoms with Crippen LogP contribution in [-0.2, 0) is 0 Å². The molecule has 1 heteroatoms. The molecule has 0 saturated carbocycles. The van der Waals surface area contributed by atoms with Gasteiger partial charge in [0.25, 0.3) is 0 Å². The first kappa shape index (κ1) is 15.1. The van der Waals surface area contributed by atoms with Crippen LogP contribution in [0.25, 0.3) is 0 Å². The van der Waals surface area contributed by atoms with Gasteiger partial charge in [-0.2, -0.15) is 0 Å². The molecule has 0 radical (unpaired) electrons. The predicted molar refractivity (Wildman–Crippen MR) is 67.2 cm³/mol. The van der Waals surface area contributed by atoms with E-state index < -0.39 is 0 Å². The smallest absolute Gasteiger partial charge is 0.00657 e. The molecule has 0 atom stereocenters. The standard InChI is InChI=1S/C10H16S.C2H6/c1-4-6-7-9-10(11-3)8-5-2;1-2/h5,7-9H,2,4,6H2,1,3H3;1-2H3/b9-7+,10-8-;. The lowest BCUT2D eigenvalue weighted by Crippen LogP contribution is -1.67. The molecule has 0 rings (SSSR count). The van der Waals surface area contributed by atoms with E-state index in [0.717, 1.165) is 6.42 Å². The summed E-state index contributed by atoms with van der Waals surface area (Å²) < 4.78 is 0. The van der Waals surface area contributed by atoms with E-state index in [2.05, 4.69) is 31.9 Å². The van der Waals surface area contributed by atoms with E-state index >= 15 is 0 Å². The minimum absolute atomic E-state index is 1.16. The van der Waals surface area contributed by atoms with Gasteiger partial charge < -0.3 is 0 Å². The molecule has 0 N–H and O–H groups in total. The van der Waals surface area contributed by atoms with Gasteiger partial charge in [-0.05, 0) is 18.8 Å². The zero-order valence-electron chi connectivity index (χ0n) is 9.34. The van der Waals surface area contributed by atoms with E-state index in [0.29, 0.717) is 0 Å². The van der Waals surface area contributed by atoms with Gasteiger partial charge in [0.2, 0.25) is 0 Å². The first-order chi connectivity index (χ1) is 6.35. The monoisotopic (exact) mass is 198 g/mol. The van der Waals surface area contributed by atoms with Crippen LogP contribution in [0, 0.1) is 0 Å². The molecule has 76 valence electrons. The van der Waals surface area contributed by atoms with Crippen molar-refractivity contribution in [3.63, 3.8) is 0 Å². The molecule has 0 bridgehead atoms. The van der Waals surface area contributed by atoms with E-state index in [1.807, 2.05) is 26.0 Å². The number of unbranched alkanes of at least 4 members (excludes halogenated alkanes) is 1. The number of hydrogen-bond donors (Lipinski definition) is 0. The molecule has 0 spiro atoms. The van der Waals surface area contributed by atoms with Crippen LogP contribution in [0.2, 0.25) is 0 Å². The van der Waals surface area contributed by atoms with Gasteiger partial charge in [0.05, 0.1) is 0 Å². The van der Waals surface area contributed by atoms with Crippen LogP contribution in [0.3, 0.4) is 0 Å². The third kappa shape index (κ3) is 11.6. The third-order valence-corrected chi connectivity index (χ3v) is 2.00. The minimum atomic E-state index is 1.16. The van der Waals surface area contributed by atoms with E-state index in [9.17, 15) is 0 Å². The Morgan fingerprint density at radius 2 is 2.00 bits per heavy atom. The maximum atomic E-state index is 3.65. The molecular formula is C12H22S. The lowest BCUT2D eigenvalue weighted by molar-refractivity contribution is 0.958. The lowest BCUT2D eigenvalue weighted by atomic mass is 10.3. The van der Waals surface area contributed by atoms with Gasteiger partial charge in [-0.3, -0.25) is 0 Å². The highest BCUT2D eigenvalue weighted by Crippen LogP contribution is 2.13. The fourth-order valence-electron chi connectivity index (χ4n) is 0.674. The zero-order chi connectivity index (χ0) is 10.5. The SMILES string of the molecule is C=C/C=C(/C=C/CCC)SC.CC. The number of hydrogen-bond acceptors (Lipinski definition) is 1. The topological polar surface area (TPSA) is 0 Å². The summed E-state index contributed by atoms with van der Waals surface area (Å²) in [5, 5.41) is 0. The molecular weight excluding hydrogens is 176 g/mol. The lowest BCUT2D eigenvalue weighted by Gasteiger charge is -1.92. The maximum Gasteiger partial charge on any atom is 0.00657 e. The first-order valence-electron chi connectivity index (χ1n) is 4.88. The molecule has 0 aromatic heterocycles. The van der Waals surface area contributed by atoms with Crippen molar-refractivity contribution < 1.29 is 0 Å². The summed E-state index contributed by atoms with van der Waals surface area (Å²) in [5.74, 6) is 0. The second kappa shape index (κ2) is 14.1. The molecule has 13 heavy (non-hydrogen) atoms. The molecule has 0 aliphatic carbocycles. The largest absolute Gasteiger partial charge is 0.130 e. The van der Waals surface area contributed by atoms with E-state index in [1.165, 1.54) is 11.3 Å². The van der Waals surface area contributed by atoms with Crippen LogP contribution in [0.1, 0.15) is 33.6 Å². The van der Waals surface area contributed by atoms with Crippen LogP contribution in [0.4, 0.5) is 0 Å². The molecule has 0 aliphatic heterocycles. The van der Waals surface area contributed by atoms with Crippen LogP contribution in [0.15, 0.2) is 35.8 Å². The van der Waals surface area contributed by atoms with Crippen molar-refractivity contribution >= 4 is 11.8 Å². The Balaban J connectivity index is 0. The molecule has 0 unspecified atom stereocenters. The van der Waals surface area contributed by atoms with E-state index in [1.54, 1.807) is 11.8 Å². The van der Waals surface area contributed by atoms with Gasteiger partial charge in [0.1, 0.15) is 0 Å². The minimum Gasteiger partial charge on any atom is -0.130 e. The molecule has 0 saturated heterocycles. The normalized spacial score (nSPS) is 10.9. The van der Waals surface area contributed by atoms with Crippen molar-refractivity contribution in [2.24, 2.45) is 0 Å². The summed E-state index contributed by atoms with van der Waals surface area (Å²) in [5.41, 5.74) is 0. The highest BCUT2D eigenvalue weighted by molar-refractivity contribution is 8.02. The average molecular weight is 198 g/mol. The first-order valence-corrected chi connectivity index (χ1v) is 6.10. The van der Waals surface area contributed by atoms with Gasteiger partial charge in [-0.1, -0.05) is 52.0 Å². The Labute approximate surface area is 87.8 Å². The van der Waals surface area contributed by atoms with Crippen LogP contribution in [0.5, 0.6) is 0 Å². The third-order valence-electron chi connectivity index (χ3n) is 1.26. The number of thioether (sulfide) groups is 1. The molecule has 0 amide bonds. The van der Waals surface area contributed by atoms with Gasteiger partial charge in [0.15, 0.2) is 0 Å².